The lowest BCUT2D eigenvalue weighted by Crippen LogP contribution is -2.33. The van der Waals surface area contributed by atoms with E-state index in [9.17, 15) is 0 Å². The van der Waals surface area contributed by atoms with Crippen LogP contribution in [-0.4, -0.2) is 27.2 Å². The maximum atomic E-state index is 5.19. The van der Waals surface area contributed by atoms with Gasteiger partial charge in [0.1, 0.15) is 12.0 Å². The Bertz CT molecular complexity index is 465. The van der Waals surface area contributed by atoms with E-state index in [0.29, 0.717) is 17.4 Å². The normalized spacial score (nSPS) is 11.7. The molecule has 2 aromatic heterocycles. The van der Waals surface area contributed by atoms with E-state index < -0.39 is 0 Å². The van der Waals surface area contributed by atoms with Gasteiger partial charge in [-0.1, -0.05) is 5.16 Å². The third-order valence-electron chi connectivity index (χ3n) is 2.40. The van der Waals surface area contributed by atoms with Gasteiger partial charge in [0.2, 0.25) is 11.7 Å². The number of aromatic nitrogens is 4. The van der Waals surface area contributed by atoms with Crippen molar-refractivity contribution in [3.8, 4) is 11.5 Å². The topological polar surface area (TPSA) is 76.7 Å². The van der Waals surface area contributed by atoms with Crippen LogP contribution in [0.15, 0.2) is 23.1 Å². The lowest BCUT2D eigenvalue weighted by Gasteiger charge is -2.17. The first-order valence-corrected chi connectivity index (χ1v) is 4.93. The second-order valence-electron chi connectivity index (χ2n) is 3.89. The number of nitrogens with one attached hydrogen (secondary N) is 1. The molecule has 0 aliphatic heterocycles. The lowest BCUT2D eigenvalue weighted by molar-refractivity contribution is 0.281. The Labute approximate surface area is 93.1 Å². The van der Waals surface area contributed by atoms with Crippen LogP contribution in [-0.2, 0) is 5.54 Å². The van der Waals surface area contributed by atoms with Gasteiger partial charge in [-0.25, -0.2) is 9.97 Å². The van der Waals surface area contributed by atoms with Crippen LogP contribution in [0, 0.1) is 0 Å². The Hall–Kier alpha value is -1.82. The summed E-state index contributed by atoms with van der Waals surface area (Å²) in [5.41, 5.74) is 0.301. The zero-order valence-electron chi connectivity index (χ0n) is 9.43. The van der Waals surface area contributed by atoms with E-state index in [1.54, 1.807) is 12.3 Å². The molecule has 0 saturated heterocycles. The molecule has 0 aliphatic rings. The number of nitrogens with zero attached hydrogens (tertiary/aromatic N) is 4. The van der Waals surface area contributed by atoms with Crippen LogP contribution in [0.3, 0.4) is 0 Å². The largest absolute Gasteiger partial charge is 0.337 e. The Kier molecular flexibility index (Phi) is 2.66. The van der Waals surface area contributed by atoms with E-state index in [1.165, 1.54) is 6.33 Å². The zero-order valence-corrected chi connectivity index (χ0v) is 9.43. The van der Waals surface area contributed by atoms with Gasteiger partial charge in [-0.15, -0.1) is 0 Å². The second kappa shape index (κ2) is 3.97. The third-order valence-corrected chi connectivity index (χ3v) is 2.40. The predicted octanol–water partition coefficient (Wildman–Crippen LogP) is 0.981. The molecule has 1 N–H and O–H groups in total. The summed E-state index contributed by atoms with van der Waals surface area (Å²) in [7, 11) is 1.84. The SMILES string of the molecule is CNC(C)(C)c1nc(-c2ccncn2)no1. The van der Waals surface area contributed by atoms with Crippen molar-refractivity contribution in [1.29, 1.82) is 0 Å². The van der Waals surface area contributed by atoms with E-state index in [4.69, 9.17) is 4.52 Å². The molecule has 0 amide bonds. The van der Waals surface area contributed by atoms with Crippen molar-refractivity contribution in [2.24, 2.45) is 0 Å². The quantitative estimate of drug-likeness (QED) is 0.829. The maximum Gasteiger partial charge on any atom is 0.246 e. The van der Waals surface area contributed by atoms with Gasteiger partial charge in [0.05, 0.1) is 5.54 Å². The smallest absolute Gasteiger partial charge is 0.246 e. The van der Waals surface area contributed by atoms with Gasteiger partial charge in [0.15, 0.2) is 0 Å². The van der Waals surface area contributed by atoms with Gasteiger partial charge in [-0.2, -0.15) is 4.98 Å². The predicted molar refractivity (Wildman–Crippen MR) is 57.4 cm³/mol. The second-order valence-corrected chi connectivity index (χ2v) is 3.89. The molecule has 2 rings (SSSR count). The standard InChI is InChI=1S/C10H13N5O/c1-10(2,11-3)9-14-8(15-16-9)7-4-5-12-6-13-7/h4-6,11H,1-3H3. The van der Waals surface area contributed by atoms with Crippen molar-refractivity contribution in [1.82, 2.24) is 25.4 Å². The van der Waals surface area contributed by atoms with Crippen LogP contribution >= 0.6 is 0 Å². The molecule has 0 fully saturated rings. The van der Waals surface area contributed by atoms with Gasteiger partial charge in [0, 0.05) is 6.20 Å². The van der Waals surface area contributed by atoms with E-state index in [2.05, 4.69) is 25.4 Å². The van der Waals surface area contributed by atoms with Gasteiger partial charge in [0.25, 0.3) is 0 Å². The minimum absolute atomic E-state index is 0.349. The maximum absolute atomic E-state index is 5.19. The molecule has 2 aromatic rings. The van der Waals surface area contributed by atoms with Gasteiger partial charge >= 0.3 is 0 Å². The van der Waals surface area contributed by atoms with E-state index in [1.807, 2.05) is 20.9 Å². The van der Waals surface area contributed by atoms with Crippen molar-refractivity contribution in [3.05, 3.63) is 24.5 Å². The molecule has 6 heteroatoms. The summed E-state index contributed by atoms with van der Waals surface area (Å²) in [5, 5.41) is 6.98. The summed E-state index contributed by atoms with van der Waals surface area (Å²) in [6.45, 7) is 3.93. The monoisotopic (exact) mass is 219 g/mol. The van der Waals surface area contributed by atoms with Crippen LogP contribution < -0.4 is 5.32 Å². The van der Waals surface area contributed by atoms with Crippen molar-refractivity contribution in [2.75, 3.05) is 7.05 Å². The summed E-state index contributed by atoms with van der Waals surface area (Å²) in [5.74, 6) is 1.00. The fourth-order valence-corrected chi connectivity index (χ4v) is 1.11. The van der Waals surface area contributed by atoms with Gasteiger partial charge in [-0.05, 0) is 27.0 Å². The fraction of sp³-hybridized carbons (Fsp3) is 0.400. The molecule has 2 heterocycles. The van der Waals surface area contributed by atoms with Crippen LogP contribution in [0.2, 0.25) is 0 Å². The molecule has 6 nitrogen and oxygen atoms in total. The average Bonchev–Trinajstić information content (AvgIpc) is 2.80. The summed E-state index contributed by atoms with van der Waals surface area (Å²) in [4.78, 5) is 12.2. The molecule has 0 aromatic carbocycles. The molecule has 0 aliphatic carbocycles. The number of hydrogen-bond donors (Lipinski definition) is 1. The fourth-order valence-electron chi connectivity index (χ4n) is 1.11. The van der Waals surface area contributed by atoms with Crippen LogP contribution in [0.4, 0.5) is 0 Å². The highest BCUT2D eigenvalue weighted by atomic mass is 16.5. The van der Waals surface area contributed by atoms with Crippen molar-refractivity contribution in [2.45, 2.75) is 19.4 Å². The molecule has 0 saturated carbocycles. The zero-order chi connectivity index (χ0) is 11.6. The highest BCUT2D eigenvalue weighted by Gasteiger charge is 2.25. The molecule has 0 bridgehead atoms. The van der Waals surface area contributed by atoms with Crippen LogP contribution in [0.25, 0.3) is 11.5 Å². The molecular weight excluding hydrogens is 206 g/mol. The molecule has 0 radical (unpaired) electrons. The van der Waals surface area contributed by atoms with Crippen molar-refractivity contribution in [3.63, 3.8) is 0 Å². The van der Waals surface area contributed by atoms with E-state index in [0.717, 1.165) is 0 Å². The Morgan fingerprint density at radius 3 is 2.81 bits per heavy atom. The first-order valence-electron chi connectivity index (χ1n) is 4.93. The lowest BCUT2D eigenvalue weighted by atomic mass is 10.1. The molecule has 16 heavy (non-hydrogen) atoms. The van der Waals surface area contributed by atoms with E-state index >= 15 is 0 Å². The Balaban J connectivity index is 2.34. The summed E-state index contributed by atoms with van der Waals surface area (Å²) >= 11 is 0. The minimum atomic E-state index is -0.349. The molecule has 0 atom stereocenters. The summed E-state index contributed by atoms with van der Waals surface area (Å²) < 4.78 is 5.19. The van der Waals surface area contributed by atoms with E-state index in [-0.39, 0.29) is 5.54 Å². The Morgan fingerprint density at radius 1 is 1.38 bits per heavy atom. The highest BCUT2D eigenvalue weighted by Crippen LogP contribution is 2.20. The average molecular weight is 219 g/mol. The molecule has 84 valence electrons. The molecule has 0 unspecified atom stereocenters. The van der Waals surface area contributed by atoms with Crippen LogP contribution in [0.1, 0.15) is 19.7 Å². The molecule has 0 spiro atoms. The van der Waals surface area contributed by atoms with Gasteiger partial charge < -0.3 is 9.84 Å². The number of rotatable bonds is 3. The highest BCUT2D eigenvalue weighted by molar-refractivity contribution is 5.46. The Morgan fingerprint density at radius 2 is 2.19 bits per heavy atom. The number of hydrogen-bond acceptors (Lipinski definition) is 6. The van der Waals surface area contributed by atoms with Gasteiger partial charge in [-0.3, -0.25) is 0 Å². The molecular formula is C10H13N5O. The first-order chi connectivity index (χ1) is 7.63. The minimum Gasteiger partial charge on any atom is -0.337 e. The van der Waals surface area contributed by atoms with Crippen molar-refractivity contribution >= 4 is 0 Å². The van der Waals surface area contributed by atoms with Crippen LogP contribution in [0.5, 0.6) is 0 Å². The van der Waals surface area contributed by atoms with Crippen molar-refractivity contribution < 1.29 is 4.52 Å². The first kappa shape index (κ1) is 10.7. The summed E-state index contributed by atoms with van der Waals surface area (Å²) in [6, 6.07) is 1.74. The summed E-state index contributed by atoms with van der Waals surface area (Å²) in [6.07, 6.45) is 3.09. The third kappa shape index (κ3) is 1.92.